The molecule has 0 saturated carbocycles. The van der Waals surface area contributed by atoms with Crippen LogP contribution in [-0.2, 0) is 13.1 Å². The van der Waals surface area contributed by atoms with Gasteiger partial charge in [0.25, 0.3) is 0 Å². The first kappa shape index (κ1) is 17.2. The van der Waals surface area contributed by atoms with Crippen LogP contribution in [0.15, 0.2) is 30.3 Å². The van der Waals surface area contributed by atoms with Crippen LogP contribution in [0.2, 0.25) is 0 Å². The Morgan fingerprint density at radius 3 is 2.62 bits per heavy atom. The van der Waals surface area contributed by atoms with Crippen molar-refractivity contribution in [1.29, 1.82) is 0 Å². The second-order valence-corrected chi connectivity index (χ2v) is 7.11. The number of nitrogens with zero attached hydrogens (tertiary/aromatic N) is 3. The summed E-state index contributed by atoms with van der Waals surface area (Å²) in [5, 5.41) is 13.7. The van der Waals surface area contributed by atoms with Crippen molar-refractivity contribution >= 4 is 0 Å². The van der Waals surface area contributed by atoms with Crippen LogP contribution in [0.4, 0.5) is 0 Å². The van der Waals surface area contributed by atoms with Crippen molar-refractivity contribution in [3.8, 4) is 0 Å². The lowest BCUT2D eigenvalue weighted by Gasteiger charge is -2.37. The summed E-state index contributed by atoms with van der Waals surface area (Å²) in [5.74, 6) is 1.33. The second kappa shape index (κ2) is 7.49. The standard InChI is InChI=1S/C20H29N3O/c1-15-13-22(10-9-19(15)18-7-5-4-6-8-18)14-20-16(2)21-23(11-12-24)17(20)3/h4-8,15,19,24H,9-14H2,1-3H3. The number of benzene rings is 1. The molecular formula is C20H29N3O. The minimum Gasteiger partial charge on any atom is -0.394 e. The molecule has 1 fully saturated rings. The predicted molar refractivity (Wildman–Crippen MR) is 97.0 cm³/mol. The maximum Gasteiger partial charge on any atom is 0.0644 e. The van der Waals surface area contributed by atoms with Crippen molar-refractivity contribution in [2.45, 2.75) is 46.2 Å². The monoisotopic (exact) mass is 327 g/mol. The lowest BCUT2D eigenvalue weighted by Crippen LogP contribution is -2.38. The fraction of sp³-hybridized carbons (Fsp3) is 0.550. The van der Waals surface area contributed by atoms with Gasteiger partial charge in [-0.3, -0.25) is 9.58 Å². The number of aryl methyl sites for hydroxylation is 1. The molecule has 1 saturated heterocycles. The van der Waals surface area contributed by atoms with E-state index >= 15 is 0 Å². The van der Waals surface area contributed by atoms with Crippen molar-refractivity contribution < 1.29 is 5.11 Å². The Hall–Kier alpha value is -1.65. The highest BCUT2D eigenvalue weighted by Crippen LogP contribution is 2.33. The molecule has 2 atom stereocenters. The van der Waals surface area contributed by atoms with E-state index in [-0.39, 0.29) is 6.61 Å². The molecule has 0 spiro atoms. The van der Waals surface area contributed by atoms with E-state index in [0.29, 0.717) is 18.4 Å². The molecule has 3 rings (SSSR count). The molecule has 0 amide bonds. The topological polar surface area (TPSA) is 41.3 Å². The number of rotatable bonds is 5. The molecule has 2 heterocycles. The van der Waals surface area contributed by atoms with Crippen LogP contribution in [0.1, 0.15) is 41.8 Å². The SMILES string of the molecule is Cc1nn(CCO)c(C)c1CN1CCC(c2ccccc2)C(C)C1. The highest BCUT2D eigenvalue weighted by molar-refractivity contribution is 5.25. The van der Waals surface area contributed by atoms with E-state index in [1.807, 2.05) is 4.68 Å². The molecule has 4 nitrogen and oxygen atoms in total. The Kier molecular flexibility index (Phi) is 5.36. The highest BCUT2D eigenvalue weighted by atomic mass is 16.3. The second-order valence-electron chi connectivity index (χ2n) is 7.11. The highest BCUT2D eigenvalue weighted by Gasteiger charge is 2.28. The van der Waals surface area contributed by atoms with E-state index in [9.17, 15) is 0 Å². The van der Waals surface area contributed by atoms with Gasteiger partial charge in [-0.1, -0.05) is 37.3 Å². The van der Waals surface area contributed by atoms with Gasteiger partial charge in [0.15, 0.2) is 0 Å². The average Bonchev–Trinajstić information content (AvgIpc) is 2.84. The van der Waals surface area contributed by atoms with Crippen LogP contribution in [0.5, 0.6) is 0 Å². The van der Waals surface area contributed by atoms with E-state index in [4.69, 9.17) is 5.11 Å². The summed E-state index contributed by atoms with van der Waals surface area (Å²) in [6.07, 6.45) is 1.22. The zero-order chi connectivity index (χ0) is 17.1. The molecule has 2 aromatic rings. The fourth-order valence-corrected chi connectivity index (χ4v) is 4.07. The maximum absolute atomic E-state index is 9.17. The van der Waals surface area contributed by atoms with Gasteiger partial charge < -0.3 is 5.11 Å². The Labute approximate surface area is 145 Å². The largest absolute Gasteiger partial charge is 0.394 e. The van der Waals surface area contributed by atoms with Crippen molar-refractivity contribution in [2.24, 2.45) is 5.92 Å². The van der Waals surface area contributed by atoms with E-state index in [0.717, 1.165) is 25.3 Å². The van der Waals surface area contributed by atoms with Crippen LogP contribution < -0.4 is 0 Å². The smallest absolute Gasteiger partial charge is 0.0644 e. The molecule has 1 N–H and O–H groups in total. The summed E-state index contributed by atoms with van der Waals surface area (Å²) in [6, 6.07) is 10.9. The molecule has 1 aromatic carbocycles. The van der Waals surface area contributed by atoms with Crippen LogP contribution in [-0.4, -0.2) is 39.5 Å². The van der Waals surface area contributed by atoms with Crippen molar-refractivity contribution in [1.82, 2.24) is 14.7 Å². The van der Waals surface area contributed by atoms with Gasteiger partial charge in [-0.15, -0.1) is 0 Å². The number of aliphatic hydroxyl groups excluding tert-OH is 1. The zero-order valence-electron chi connectivity index (χ0n) is 15.1. The molecule has 4 heteroatoms. The Morgan fingerprint density at radius 2 is 1.96 bits per heavy atom. The van der Waals surface area contributed by atoms with Gasteiger partial charge >= 0.3 is 0 Å². The van der Waals surface area contributed by atoms with Gasteiger partial charge in [-0.05, 0) is 44.2 Å². The predicted octanol–water partition coefficient (Wildman–Crippen LogP) is 3.12. The van der Waals surface area contributed by atoms with Crippen LogP contribution >= 0.6 is 0 Å². The van der Waals surface area contributed by atoms with Crippen LogP contribution in [0.3, 0.4) is 0 Å². The Balaban J connectivity index is 1.67. The Bertz CT molecular complexity index is 665. The van der Waals surface area contributed by atoms with Crippen molar-refractivity contribution in [2.75, 3.05) is 19.7 Å². The number of hydrogen-bond acceptors (Lipinski definition) is 3. The number of hydrogen-bond donors (Lipinski definition) is 1. The minimum atomic E-state index is 0.140. The third-order valence-corrected chi connectivity index (χ3v) is 5.44. The van der Waals surface area contributed by atoms with Gasteiger partial charge in [-0.2, -0.15) is 5.10 Å². The molecule has 1 aromatic heterocycles. The third kappa shape index (κ3) is 3.55. The van der Waals surface area contributed by atoms with E-state index in [2.05, 4.69) is 61.1 Å². The van der Waals surface area contributed by atoms with E-state index < -0.39 is 0 Å². The molecule has 24 heavy (non-hydrogen) atoms. The molecule has 0 radical (unpaired) electrons. The summed E-state index contributed by atoms with van der Waals surface area (Å²) < 4.78 is 1.94. The van der Waals surface area contributed by atoms with Gasteiger partial charge in [0.1, 0.15) is 0 Å². The lowest BCUT2D eigenvalue weighted by molar-refractivity contribution is 0.155. The lowest BCUT2D eigenvalue weighted by atomic mass is 9.81. The summed E-state index contributed by atoms with van der Waals surface area (Å²) in [6.45, 7) is 10.5. The third-order valence-electron chi connectivity index (χ3n) is 5.44. The van der Waals surface area contributed by atoms with Gasteiger partial charge in [-0.25, -0.2) is 0 Å². The summed E-state index contributed by atoms with van der Waals surface area (Å²) in [7, 11) is 0. The van der Waals surface area contributed by atoms with Crippen molar-refractivity contribution in [3.05, 3.63) is 52.8 Å². The van der Waals surface area contributed by atoms with E-state index in [1.54, 1.807) is 0 Å². The van der Waals surface area contributed by atoms with Crippen molar-refractivity contribution in [3.63, 3.8) is 0 Å². The number of aliphatic hydroxyl groups is 1. The maximum atomic E-state index is 9.17. The normalized spacial score (nSPS) is 22.0. The van der Waals surface area contributed by atoms with Gasteiger partial charge in [0.2, 0.25) is 0 Å². The molecule has 0 bridgehead atoms. The number of likely N-dealkylation sites (tertiary alicyclic amines) is 1. The van der Waals surface area contributed by atoms with Crippen LogP contribution in [0.25, 0.3) is 0 Å². The molecule has 1 aliphatic heterocycles. The molecular weight excluding hydrogens is 298 g/mol. The minimum absolute atomic E-state index is 0.140. The molecule has 130 valence electrons. The number of aromatic nitrogens is 2. The summed E-state index contributed by atoms with van der Waals surface area (Å²) in [4.78, 5) is 2.56. The first-order valence-corrected chi connectivity index (χ1v) is 9.01. The first-order valence-electron chi connectivity index (χ1n) is 9.01. The zero-order valence-corrected chi connectivity index (χ0v) is 15.1. The summed E-state index contributed by atoms with van der Waals surface area (Å²) >= 11 is 0. The van der Waals surface area contributed by atoms with Crippen LogP contribution in [0, 0.1) is 19.8 Å². The molecule has 0 aliphatic carbocycles. The Morgan fingerprint density at radius 1 is 1.21 bits per heavy atom. The molecule has 1 aliphatic rings. The van der Waals surface area contributed by atoms with E-state index in [1.165, 1.54) is 23.2 Å². The van der Waals surface area contributed by atoms with Gasteiger partial charge in [0.05, 0.1) is 18.8 Å². The van der Waals surface area contributed by atoms with Gasteiger partial charge in [0, 0.05) is 24.3 Å². The average molecular weight is 327 g/mol. The summed E-state index contributed by atoms with van der Waals surface area (Å²) in [5.41, 5.74) is 5.10. The molecule has 2 unspecified atom stereocenters. The fourth-order valence-electron chi connectivity index (χ4n) is 4.07. The quantitative estimate of drug-likeness (QED) is 0.917. The number of piperidine rings is 1. The first-order chi connectivity index (χ1) is 11.6.